The first kappa shape index (κ1) is 30.5. The third-order valence-electron chi connectivity index (χ3n) is 5.20. The molecule has 1 heterocycles. The molecule has 0 fully saturated rings. The number of hydrogen-bond acceptors (Lipinski definition) is 7. The van der Waals surface area contributed by atoms with Gasteiger partial charge in [0, 0.05) is 29.1 Å². The molecule has 0 unspecified atom stereocenters. The lowest BCUT2D eigenvalue weighted by atomic mass is 10.0. The highest BCUT2D eigenvalue weighted by Crippen LogP contribution is 2.23. The molecule has 0 aliphatic rings. The molecule has 2 rings (SSSR count). The molecule has 3 amide bonds. The zero-order chi connectivity index (χ0) is 27.8. The molecule has 3 N–H and O–H groups in total. The van der Waals surface area contributed by atoms with Crippen LogP contribution in [0.5, 0.6) is 0 Å². The van der Waals surface area contributed by atoms with Crippen molar-refractivity contribution in [2.24, 2.45) is 5.92 Å². The van der Waals surface area contributed by atoms with Crippen LogP contribution in [0.15, 0.2) is 33.5 Å². The molecule has 0 saturated carbocycles. The number of rotatable bonds is 11. The minimum Gasteiger partial charge on any atom is -0.444 e. The Morgan fingerprint density at radius 1 is 1.08 bits per heavy atom. The maximum absolute atomic E-state index is 13.2. The number of benzene rings is 1. The number of thioether (sulfide) groups is 1. The molecule has 0 radical (unpaired) electrons. The third kappa shape index (κ3) is 9.92. The van der Waals surface area contributed by atoms with Crippen LogP contribution >= 0.6 is 23.4 Å². The first-order valence-corrected chi connectivity index (χ1v) is 14.0. The quantitative estimate of drug-likeness (QED) is 0.273. The molecule has 1 aromatic carbocycles. The average molecular weight is 554 g/mol. The van der Waals surface area contributed by atoms with Crippen molar-refractivity contribution in [2.45, 2.75) is 71.0 Å². The summed E-state index contributed by atoms with van der Waals surface area (Å²) in [5, 5.41) is 8.87. The van der Waals surface area contributed by atoms with Crippen LogP contribution in [0, 0.1) is 5.92 Å². The van der Waals surface area contributed by atoms with Crippen molar-refractivity contribution in [3.05, 3.63) is 40.2 Å². The van der Waals surface area contributed by atoms with E-state index in [9.17, 15) is 19.2 Å². The van der Waals surface area contributed by atoms with Gasteiger partial charge in [-0.05, 0) is 69.2 Å². The molecule has 9 nitrogen and oxygen atoms in total. The van der Waals surface area contributed by atoms with Gasteiger partial charge in [-0.2, -0.15) is 11.8 Å². The van der Waals surface area contributed by atoms with Gasteiger partial charge >= 0.3 is 11.7 Å². The van der Waals surface area contributed by atoms with Gasteiger partial charge < -0.3 is 25.1 Å². The highest BCUT2D eigenvalue weighted by atomic mass is 35.5. The van der Waals surface area contributed by atoms with Gasteiger partial charge in [-0.3, -0.25) is 9.59 Å². The Labute approximate surface area is 226 Å². The van der Waals surface area contributed by atoms with Crippen LogP contribution in [0.25, 0.3) is 11.0 Å². The number of fused-ring (bicyclic) bond motifs is 1. The Kier molecular flexibility index (Phi) is 11.3. The fraction of sp³-hybridized carbons (Fsp3) is 0.538. The Bertz CT molecular complexity index is 1160. The summed E-state index contributed by atoms with van der Waals surface area (Å²) in [6, 6.07) is 4.54. The molecule has 204 valence electrons. The summed E-state index contributed by atoms with van der Waals surface area (Å²) in [6.45, 7) is 9.08. The van der Waals surface area contributed by atoms with Crippen molar-refractivity contribution in [3.63, 3.8) is 0 Å². The van der Waals surface area contributed by atoms with E-state index < -0.39 is 41.2 Å². The Morgan fingerprint density at radius 3 is 2.38 bits per heavy atom. The van der Waals surface area contributed by atoms with E-state index in [1.165, 1.54) is 6.07 Å². The van der Waals surface area contributed by atoms with E-state index in [2.05, 4.69) is 16.0 Å². The molecule has 0 aliphatic heterocycles. The van der Waals surface area contributed by atoms with Crippen LogP contribution in [0.4, 0.5) is 10.5 Å². The summed E-state index contributed by atoms with van der Waals surface area (Å²) in [7, 11) is 0. The normalized spacial score (nSPS) is 13.2. The fourth-order valence-corrected chi connectivity index (χ4v) is 4.27. The van der Waals surface area contributed by atoms with Crippen LogP contribution in [0.1, 0.15) is 53.0 Å². The summed E-state index contributed by atoms with van der Waals surface area (Å²) in [5.74, 6) is -0.0336. The van der Waals surface area contributed by atoms with E-state index in [0.29, 0.717) is 40.8 Å². The molecule has 0 saturated heterocycles. The summed E-state index contributed by atoms with van der Waals surface area (Å²) in [5.41, 5.74) is 0.0772. The standard InChI is InChI=1S/C26H36ClN3O6S/c1-15(2)11-20(30-25(34)36-26(3,4)5)24(33)29-19(9-10-37-6)23(32)28-17-7-8-18-16(14-27)12-22(31)35-21(18)13-17/h7-8,12-13,15,19-20H,9-11,14H2,1-6H3,(H,28,32)(H,29,33)(H,30,34)/t19-,20-/m0/s1. The van der Waals surface area contributed by atoms with Gasteiger partial charge in [0.25, 0.3) is 0 Å². The second-order valence-corrected chi connectivity index (χ2v) is 11.3. The first-order chi connectivity index (χ1) is 17.3. The maximum Gasteiger partial charge on any atom is 0.408 e. The number of amides is 3. The minimum atomic E-state index is -0.872. The molecule has 0 spiro atoms. The largest absolute Gasteiger partial charge is 0.444 e. The second-order valence-electron chi connectivity index (χ2n) is 10.1. The summed E-state index contributed by atoms with van der Waals surface area (Å²) < 4.78 is 10.6. The summed E-state index contributed by atoms with van der Waals surface area (Å²) >= 11 is 7.47. The molecule has 37 heavy (non-hydrogen) atoms. The van der Waals surface area contributed by atoms with Crippen molar-refractivity contribution in [1.82, 2.24) is 10.6 Å². The van der Waals surface area contributed by atoms with E-state index in [1.54, 1.807) is 50.7 Å². The first-order valence-electron chi connectivity index (χ1n) is 12.1. The number of hydrogen-bond donors (Lipinski definition) is 3. The number of ether oxygens (including phenoxy) is 1. The number of carbonyl (C=O) groups is 3. The van der Waals surface area contributed by atoms with Crippen molar-refractivity contribution in [3.8, 4) is 0 Å². The van der Waals surface area contributed by atoms with Gasteiger partial charge in [0.05, 0.1) is 0 Å². The van der Waals surface area contributed by atoms with Gasteiger partial charge in [0.15, 0.2) is 0 Å². The summed E-state index contributed by atoms with van der Waals surface area (Å²) in [6.07, 6.45) is 1.95. The highest BCUT2D eigenvalue weighted by Gasteiger charge is 2.29. The lowest BCUT2D eigenvalue weighted by molar-refractivity contribution is -0.128. The van der Waals surface area contributed by atoms with Crippen molar-refractivity contribution < 1.29 is 23.5 Å². The molecular formula is C26H36ClN3O6S. The lowest BCUT2D eigenvalue weighted by Crippen LogP contribution is -2.53. The number of alkyl carbamates (subject to hydrolysis) is 1. The Balaban J connectivity index is 2.21. The minimum absolute atomic E-state index is 0.106. The fourth-order valence-electron chi connectivity index (χ4n) is 3.58. The van der Waals surface area contributed by atoms with Gasteiger partial charge in [-0.15, -0.1) is 11.6 Å². The monoisotopic (exact) mass is 553 g/mol. The van der Waals surface area contributed by atoms with Gasteiger partial charge in [-0.25, -0.2) is 9.59 Å². The maximum atomic E-state index is 13.2. The van der Waals surface area contributed by atoms with E-state index in [1.807, 2.05) is 20.1 Å². The molecular weight excluding hydrogens is 518 g/mol. The SMILES string of the molecule is CSCC[C@H](NC(=O)[C@H](CC(C)C)NC(=O)OC(C)(C)C)C(=O)Nc1ccc2c(CCl)cc(=O)oc2c1. The highest BCUT2D eigenvalue weighted by molar-refractivity contribution is 7.98. The zero-order valence-corrected chi connectivity index (χ0v) is 23.7. The zero-order valence-electron chi connectivity index (χ0n) is 22.1. The Morgan fingerprint density at radius 2 is 1.78 bits per heavy atom. The van der Waals surface area contributed by atoms with Gasteiger partial charge in [-0.1, -0.05) is 13.8 Å². The van der Waals surface area contributed by atoms with Crippen LogP contribution in [0.2, 0.25) is 0 Å². The van der Waals surface area contributed by atoms with Crippen molar-refractivity contribution >= 4 is 57.9 Å². The predicted molar refractivity (Wildman–Crippen MR) is 148 cm³/mol. The van der Waals surface area contributed by atoms with Crippen molar-refractivity contribution in [1.29, 1.82) is 0 Å². The number of carbonyl (C=O) groups excluding carboxylic acids is 3. The molecule has 1 aromatic heterocycles. The molecule has 2 atom stereocenters. The average Bonchev–Trinajstić information content (AvgIpc) is 2.78. The van der Waals surface area contributed by atoms with E-state index in [0.717, 1.165) is 0 Å². The smallest absolute Gasteiger partial charge is 0.408 e. The molecule has 2 aromatic rings. The number of halogens is 1. The second kappa shape index (κ2) is 13.7. The molecule has 11 heteroatoms. The van der Waals surface area contributed by atoms with Crippen LogP contribution in [-0.4, -0.2) is 47.6 Å². The lowest BCUT2D eigenvalue weighted by Gasteiger charge is -2.26. The van der Waals surface area contributed by atoms with Crippen LogP contribution < -0.4 is 21.6 Å². The van der Waals surface area contributed by atoms with Crippen LogP contribution in [0.3, 0.4) is 0 Å². The third-order valence-corrected chi connectivity index (χ3v) is 6.13. The molecule has 0 aliphatic carbocycles. The van der Waals surface area contributed by atoms with Crippen LogP contribution in [-0.2, 0) is 20.2 Å². The van der Waals surface area contributed by atoms with E-state index in [4.69, 9.17) is 20.8 Å². The van der Waals surface area contributed by atoms with Crippen molar-refractivity contribution in [2.75, 3.05) is 17.3 Å². The number of nitrogens with one attached hydrogen (secondary N) is 3. The van der Waals surface area contributed by atoms with E-state index in [-0.39, 0.29) is 11.8 Å². The summed E-state index contributed by atoms with van der Waals surface area (Å²) in [4.78, 5) is 50.5. The van der Waals surface area contributed by atoms with Gasteiger partial charge in [0.1, 0.15) is 23.3 Å². The number of anilines is 1. The topological polar surface area (TPSA) is 127 Å². The predicted octanol–water partition coefficient (Wildman–Crippen LogP) is 4.65. The molecule has 0 bridgehead atoms. The Hall–Kier alpha value is -2.72. The van der Waals surface area contributed by atoms with Gasteiger partial charge in [0.2, 0.25) is 11.8 Å². The number of alkyl halides is 1. The van der Waals surface area contributed by atoms with E-state index >= 15 is 0 Å².